The molecule has 1 atom stereocenters. The Kier molecular flexibility index (Phi) is 7.23. The molecule has 0 saturated heterocycles. The Labute approximate surface area is 215 Å². The molecule has 0 aromatic heterocycles. The number of nitrogens with one attached hydrogen (secondary N) is 2. The molecule has 4 saturated carbocycles. The van der Waals surface area contributed by atoms with Gasteiger partial charge in [-0.15, -0.1) is 0 Å². The van der Waals surface area contributed by atoms with Gasteiger partial charge in [-0.2, -0.15) is 0 Å². The van der Waals surface area contributed by atoms with Crippen LogP contribution >= 0.6 is 0 Å². The van der Waals surface area contributed by atoms with Crippen molar-refractivity contribution in [3.05, 3.63) is 65.0 Å². The van der Waals surface area contributed by atoms with E-state index >= 15 is 0 Å². The monoisotopic (exact) mass is 485 g/mol. The number of ether oxygens (including phenoxy) is 1. The van der Waals surface area contributed by atoms with Crippen molar-refractivity contribution in [3.63, 3.8) is 0 Å². The maximum atomic E-state index is 13.3. The Hall–Kier alpha value is -3.00. The zero-order valence-electron chi connectivity index (χ0n) is 21.7. The van der Waals surface area contributed by atoms with Crippen LogP contribution in [0.25, 0.3) is 4.85 Å². The average molecular weight is 486 g/mol. The van der Waals surface area contributed by atoms with Crippen LogP contribution in [0, 0.1) is 24.3 Å². The molecule has 0 aliphatic heterocycles. The number of benzene rings is 2. The van der Waals surface area contributed by atoms with Gasteiger partial charge in [-0.3, -0.25) is 4.79 Å². The maximum Gasteiger partial charge on any atom is 0.250 e. The molecule has 0 heterocycles. The number of rotatable bonds is 10. The normalized spacial score (nSPS) is 26.8. The number of hydrogen-bond donors (Lipinski definition) is 2. The van der Waals surface area contributed by atoms with E-state index in [0.717, 1.165) is 60.4 Å². The number of hydrogen-bond acceptors (Lipinski definition) is 3. The van der Waals surface area contributed by atoms with E-state index in [1.54, 1.807) is 13.2 Å². The first kappa shape index (κ1) is 24.7. The van der Waals surface area contributed by atoms with Gasteiger partial charge < -0.3 is 15.4 Å². The van der Waals surface area contributed by atoms with Crippen LogP contribution in [0.2, 0.25) is 0 Å². The lowest BCUT2D eigenvalue weighted by molar-refractivity contribution is 0.0107. The van der Waals surface area contributed by atoms with Crippen LogP contribution in [0.4, 0.5) is 11.4 Å². The Bertz CT molecular complexity index is 1100. The predicted molar refractivity (Wildman–Crippen MR) is 145 cm³/mol. The van der Waals surface area contributed by atoms with Gasteiger partial charge in [0.2, 0.25) is 11.6 Å². The first-order chi connectivity index (χ1) is 17.5. The zero-order chi connectivity index (χ0) is 25.1. The van der Waals surface area contributed by atoms with E-state index in [4.69, 9.17) is 11.3 Å². The van der Waals surface area contributed by atoms with E-state index in [0.29, 0.717) is 11.3 Å². The number of carbonyl (C=O) groups excluding carboxylic acids is 1. The second-order valence-electron chi connectivity index (χ2n) is 11.5. The summed E-state index contributed by atoms with van der Waals surface area (Å²) in [6.07, 6.45) is 11.7. The van der Waals surface area contributed by atoms with Crippen LogP contribution in [0.5, 0.6) is 5.75 Å². The number of anilines is 1. The molecule has 1 amide bonds. The quantitative estimate of drug-likeness (QED) is 0.351. The second kappa shape index (κ2) is 10.5. The number of nitrogens with zero attached hydrogens (tertiary/aromatic N) is 1. The lowest BCUT2D eigenvalue weighted by atomic mass is 9.53. The van der Waals surface area contributed by atoms with Gasteiger partial charge in [0, 0.05) is 22.8 Å². The summed E-state index contributed by atoms with van der Waals surface area (Å²) in [5.41, 5.74) is 3.29. The highest BCUT2D eigenvalue weighted by molar-refractivity contribution is 5.96. The van der Waals surface area contributed by atoms with Crippen LogP contribution in [-0.2, 0) is 6.42 Å². The summed E-state index contributed by atoms with van der Waals surface area (Å²) in [5, 5.41) is 7.08. The second-order valence-corrected chi connectivity index (χ2v) is 11.5. The fourth-order valence-electron chi connectivity index (χ4n) is 7.45. The molecule has 0 radical (unpaired) electrons. The van der Waals surface area contributed by atoms with Crippen LogP contribution in [0.15, 0.2) is 42.5 Å². The first-order valence-electron chi connectivity index (χ1n) is 13.7. The van der Waals surface area contributed by atoms with Crippen molar-refractivity contribution in [1.29, 1.82) is 0 Å². The molecule has 0 unspecified atom stereocenters. The molecule has 5 nitrogen and oxygen atoms in total. The predicted octanol–water partition coefficient (Wildman–Crippen LogP) is 7.16. The molecular weight excluding hydrogens is 446 g/mol. The SMILES string of the molecule is [C-]#[N+]c1cc(C(=O)N[C@@H](CCCC)Cc2cccc(OC)c2)ccc1NC12CC3CC(CC(C3)C1)C2. The third kappa shape index (κ3) is 5.38. The zero-order valence-corrected chi connectivity index (χ0v) is 21.7. The summed E-state index contributed by atoms with van der Waals surface area (Å²) in [6, 6.07) is 13.7. The summed E-state index contributed by atoms with van der Waals surface area (Å²) >= 11 is 0. The van der Waals surface area contributed by atoms with E-state index in [1.807, 2.05) is 30.3 Å². The number of methoxy groups -OCH3 is 1. The molecule has 4 aliphatic rings. The molecule has 5 heteroatoms. The molecule has 4 bridgehead atoms. The molecule has 0 spiro atoms. The van der Waals surface area contributed by atoms with Gasteiger partial charge >= 0.3 is 0 Å². The molecular formula is C31H39N3O2. The highest BCUT2D eigenvalue weighted by Gasteiger charge is 2.51. The summed E-state index contributed by atoms with van der Waals surface area (Å²) in [7, 11) is 1.67. The maximum absolute atomic E-state index is 13.3. The van der Waals surface area contributed by atoms with Crippen LogP contribution < -0.4 is 15.4 Å². The molecule has 4 aliphatic carbocycles. The van der Waals surface area contributed by atoms with Gasteiger partial charge in [-0.1, -0.05) is 38.0 Å². The van der Waals surface area contributed by atoms with Crippen molar-refractivity contribution in [3.8, 4) is 5.75 Å². The van der Waals surface area contributed by atoms with E-state index in [9.17, 15) is 4.79 Å². The van der Waals surface area contributed by atoms with Crippen molar-refractivity contribution < 1.29 is 9.53 Å². The van der Waals surface area contributed by atoms with Crippen molar-refractivity contribution in [2.45, 2.75) is 82.7 Å². The van der Waals surface area contributed by atoms with Gasteiger partial charge in [0.1, 0.15) is 5.75 Å². The van der Waals surface area contributed by atoms with Crippen LogP contribution in [0.1, 0.15) is 80.6 Å². The standard InChI is InChI=1S/C31H39N3O2/c1-4-5-8-26(15-21-7-6-9-27(16-21)36-3)33-30(35)25-10-11-28(29(17-25)32-2)34-31-18-22-12-23(19-31)14-24(13-22)20-31/h6-7,9-11,16-17,22-24,26,34H,4-5,8,12-15,18-20H2,1,3H3,(H,33,35)/t22?,23?,24?,26-,31?/m0/s1. The van der Waals surface area contributed by atoms with E-state index in [-0.39, 0.29) is 17.5 Å². The molecule has 2 N–H and O–H groups in total. The molecule has 2 aromatic carbocycles. The third-order valence-electron chi connectivity index (χ3n) is 8.68. The minimum atomic E-state index is -0.106. The molecule has 2 aromatic rings. The summed E-state index contributed by atoms with van der Waals surface area (Å²) in [6.45, 7) is 9.99. The summed E-state index contributed by atoms with van der Waals surface area (Å²) in [5.74, 6) is 3.25. The number of unbranched alkanes of at least 4 members (excludes halogenated alkanes) is 1. The van der Waals surface area contributed by atoms with Gasteiger partial charge in [0.05, 0.1) is 13.7 Å². The van der Waals surface area contributed by atoms with Gasteiger partial charge in [0.15, 0.2) is 0 Å². The fourth-order valence-corrected chi connectivity index (χ4v) is 7.45. The summed E-state index contributed by atoms with van der Waals surface area (Å²) in [4.78, 5) is 17.1. The number of carbonyl (C=O) groups is 1. The van der Waals surface area contributed by atoms with Crippen LogP contribution in [0.3, 0.4) is 0 Å². The fraction of sp³-hybridized carbons (Fsp3) is 0.548. The van der Waals surface area contributed by atoms with E-state index < -0.39 is 0 Å². The van der Waals surface area contributed by atoms with Crippen molar-refractivity contribution >= 4 is 17.3 Å². The Balaban J connectivity index is 1.29. The van der Waals surface area contributed by atoms with Gasteiger partial charge in [-0.25, -0.2) is 4.85 Å². The lowest BCUT2D eigenvalue weighted by Crippen LogP contribution is -2.54. The minimum absolute atomic E-state index is 0.0331. The number of amides is 1. The lowest BCUT2D eigenvalue weighted by Gasteiger charge is -2.57. The van der Waals surface area contributed by atoms with Crippen LogP contribution in [-0.4, -0.2) is 24.6 Å². The van der Waals surface area contributed by atoms with Gasteiger partial charge in [-0.05, 0) is 98.9 Å². The van der Waals surface area contributed by atoms with Crippen molar-refractivity contribution in [1.82, 2.24) is 5.32 Å². The Morgan fingerprint density at radius 1 is 1.11 bits per heavy atom. The topological polar surface area (TPSA) is 54.7 Å². The Morgan fingerprint density at radius 3 is 2.47 bits per heavy atom. The summed E-state index contributed by atoms with van der Waals surface area (Å²) < 4.78 is 5.37. The van der Waals surface area contributed by atoms with Crippen molar-refractivity contribution in [2.75, 3.05) is 12.4 Å². The Morgan fingerprint density at radius 2 is 1.83 bits per heavy atom. The van der Waals surface area contributed by atoms with E-state index in [2.05, 4.69) is 28.5 Å². The highest BCUT2D eigenvalue weighted by Crippen LogP contribution is 2.57. The molecule has 36 heavy (non-hydrogen) atoms. The highest BCUT2D eigenvalue weighted by atomic mass is 16.5. The minimum Gasteiger partial charge on any atom is -0.497 e. The smallest absolute Gasteiger partial charge is 0.250 e. The third-order valence-corrected chi connectivity index (χ3v) is 8.68. The molecule has 6 rings (SSSR count). The molecule has 190 valence electrons. The average Bonchev–Trinajstić information content (AvgIpc) is 2.86. The van der Waals surface area contributed by atoms with E-state index in [1.165, 1.54) is 38.5 Å². The van der Waals surface area contributed by atoms with Gasteiger partial charge in [0.25, 0.3) is 0 Å². The largest absolute Gasteiger partial charge is 0.497 e. The van der Waals surface area contributed by atoms with Crippen molar-refractivity contribution in [2.24, 2.45) is 17.8 Å². The first-order valence-corrected chi connectivity index (χ1v) is 13.7. The molecule has 4 fully saturated rings.